The standard InChI is InChI=1S/C19H28N4O2S/c1-3-20-19(21-10-9-18-22-11-15(2)26-18)23-12-17(24)14-25-13-16-7-5-4-6-8-16/h4-8,11,17,24H,3,9-10,12-14H2,1-2H3,(H2,20,21,23). The molecule has 0 radical (unpaired) electrons. The van der Waals surface area contributed by atoms with E-state index in [4.69, 9.17) is 4.74 Å². The summed E-state index contributed by atoms with van der Waals surface area (Å²) >= 11 is 1.71. The molecule has 0 aliphatic heterocycles. The van der Waals surface area contributed by atoms with E-state index in [2.05, 4.69) is 27.5 Å². The number of benzene rings is 1. The summed E-state index contributed by atoms with van der Waals surface area (Å²) in [4.78, 5) is 10.00. The summed E-state index contributed by atoms with van der Waals surface area (Å²) in [5.74, 6) is 0.697. The molecule has 0 aliphatic rings. The lowest BCUT2D eigenvalue weighted by atomic mass is 10.2. The maximum absolute atomic E-state index is 10.1. The van der Waals surface area contributed by atoms with Crippen LogP contribution in [0.4, 0.5) is 0 Å². The molecule has 1 aromatic heterocycles. The van der Waals surface area contributed by atoms with Crippen molar-refractivity contribution in [2.45, 2.75) is 33.0 Å². The van der Waals surface area contributed by atoms with Gasteiger partial charge in [-0.3, -0.25) is 4.99 Å². The molecule has 0 saturated heterocycles. The van der Waals surface area contributed by atoms with Crippen LogP contribution in [0.15, 0.2) is 41.5 Å². The Hall–Kier alpha value is -1.96. The van der Waals surface area contributed by atoms with Crippen molar-refractivity contribution in [2.75, 3.05) is 26.2 Å². The zero-order valence-electron chi connectivity index (χ0n) is 15.4. The molecule has 0 bridgehead atoms. The second-order valence-corrected chi connectivity index (χ2v) is 7.23. The van der Waals surface area contributed by atoms with Crippen LogP contribution >= 0.6 is 11.3 Å². The lowest BCUT2D eigenvalue weighted by Crippen LogP contribution is -2.39. The quantitative estimate of drug-likeness (QED) is 0.437. The van der Waals surface area contributed by atoms with Crippen molar-refractivity contribution in [3.8, 4) is 0 Å². The average molecular weight is 377 g/mol. The van der Waals surface area contributed by atoms with Crippen LogP contribution in [0.1, 0.15) is 22.4 Å². The van der Waals surface area contributed by atoms with Crippen molar-refractivity contribution in [1.82, 2.24) is 15.6 Å². The highest BCUT2D eigenvalue weighted by molar-refractivity contribution is 7.11. The van der Waals surface area contributed by atoms with Gasteiger partial charge in [-0.05, 0) is 19.4 Å². The highest BCUT2D eigenvalue weighted by atomic mass is 32.1. The first kappa shape index (κ1) is 20.4. The Labute approximate surface area is 159 Å². The average Bonchev–Trinajstić information content (AvgIpc) is 3.06. The highest BCUT2D eigenvalue weighted by Crippen LogP contribution is 2.10. The molecule has 3 N–H and O–H groups in total. The van der Waals surface area contributed by atoms with Crippen molar-refractivity contribution >= 4 is 17.3 Å². The number of aryl methyl sites for hydroxylation is 1. The number of rotatable bonds is 10. The fraction of sp³-hybridized carbons (Fsp3) is 0.474. The van der Waals surface area contributed by atoms with E-state index >= 15 is 0 Å². The molecule has 0 amide bonds. The number of aliphatic imine (C=N–C) groups is 1. The molecular formula is C19H28N4O2S. The molecule has 1 heterocycles. The monoisotopic (exact) mass is 376 g/mol. The summed E-state index contributed by atoms with van der Waals surface area (Å²) in [5, 5.41) is 17.6. The number of aliphatic hydroxyl groups is 1. The zero-order valence-corrected chi connectivity index (χ0v) is 16.3. The second kappa shape index (κ2) is 11.6. The number of guanidine groups is 1. The van der Waals surface area contributed by atoms with Crippen molar-refractivity contribution in [3.05, 3.63) is 52.0 Å². The van der Waals surface area contributed by atoms with Gasteiger partial charge in [-0.2, -0.15) is 0 Å². The van der Waals surface area contributed by atoms with E-state index in [0.717, 1.165) is 30.1 Å². The number of aromatic nitrogens is 1. The van der Waals surface area contributed by atoms with Gasteiger partial charge in [0, 0.05) is 30.6 Å². The predicted molar refractivity (Wildman–Crippen MR) is 107 cm³/mol. The SMILES string of the molecule is CCNC(=NCC(O)COCc1ccccc1)NCCc1ncc(C)s1. The largest absolute Gasteiger partial charge is 0.389 e. The van der Waals surface area contributed by atoms with Gasteiger partial charge in [0.05, 0.1) is 30.9 Å². The molecule has 1 atom stereocenters. The Morgan fingerprint density at radius 3 is 2.81 bits per heavy atom. The Bertz CT molecular complexity index is 661. The first-order valence-electron chi connectivity index (χ1n) is 8.90. The fourth-order valence-corrected chi connectivity index (χ4v) is 3.07. The molecule has 0 fully saturated rings. The van der Waals surface area contributed by atoms with Crippen molar-refractivity contribution < 1.29 is 9.84 Å². The number of aliphatic hydroxyl groups excluding tert-OH is 1. The van der Waals surface area contributed by atoms with Gasteiger partial charge >= 0.3 is 0 Å². The van der Waals surface area contributed by atoms with Gasteiger partial charge in [0.15, 0.2) is 5.96 Å². The van der Waals surface area contributed by atoms with Crippen LogP contribution in [0.25, 0.3) is 0 Å². The number of hydrogen-bond donors (Lipinski definition) is 3. The van der Waals surface area contributed by atoms with Crippen molar-refractivity contribution in [3.63, 3.8) is 0 Å². The van der Waals surface area contributed by atoms with Gasteiger partial charge in [0.2, 0.25) is 0 Å². The lowest BCUT2D eigenvalue weighted by molar-refractivity contribution is 0.0331. The number of nitrogens with zero attached hydrogens (tertiary/aromatic N) is 2. The Kier molecular flexibility index (Phi) is 9.09. The number of ether oxygens (including phenoxy) is 1. The number of nitrogens with one attached hydrogen (secondary N) is 2. The van der Waals surface area contributed by atoms with Crippen molar-refractivity contribution in [2.24, 2.45) is 4.99 Å². The maximum Gasteiger partial charge on any atom is 0.191 e. The van der Waals surface area contributed by atoms with E-state index in [-0.39, 0.29) is 6.61 Å². The van der Waals surface area contributed by atoms with Crippen LogP contribution in [-0.2, 0) is 17.8 Å². The second-order valence-electron chi connectivity index (χ2n) is 5.92. The summed E-state index contributed by atoms with van der Waals surface area (Å²) in [6, 6.07) is 9.92. The highest BCUT2D eigenvalue weighted by Gasteiger charge is 2.06. The van der Waals surface area contributed by atoms with E-state index in [9.17, 15) is 5.11 Å². The molecule has 0 spiro atoms. The normalized spacial score (nSPS) is 12.8. The third-order valence-electron chi connectivity index (χ3n) is 3.53. The molecule has 26 heavy (non-hydrogen) atoms. The van der Waals surface area contributed by atoms with Crippen LogP contribution in [-0.4, -0.2) is 48.4 Å². The summed E-state index contributed by atoms with van der Waals surface area (Å²) in [6.07, 6.45) is 2.12. The third-order valence-corrected chi connectivity index (χ3v) is 4.50. The molecule has 6 nitrogen and oxygen atoms in total. The van der Waals surface area contributed by atoms with Gasteiger partial charge in [-0.15, -0.1) is 11.3 Å². The molecule has 0 aliphatic carbocycles. The minimum atomic E-state index is -0.629. The molecule has 7 heteroatoms. The fourth-order valence-electron chi connectivity index (χ4n) is 2.28. The van der Waals surface area contributed by atoms with E-state index in [1.54, 1.807) is 11.3 Å². The van der Waals surface area contributed by atoms with Crippen LogP contribution in [0, 0.1) is 6.92 Å². The Morgan fingerprint density at radius 1 is 1.31 bits per heavy atom. The predicted octanol–water partition coefficient (Wildman–Crippen LogP) is 2.13. The zero-order chi connectivity index (χ0) is 18.6. The summed E-state index contributed by atoms with van der Waals surface area (Å²) < 4.78 is 5.55. The summed E-state index contributed by atoms with van der Waals surface area (Å²) in [5.41, 5.74) is 1.09. The Balaban J connectivity index is 1.68. The minimum absolute atomic E-state index is 0.260. The van der Waals surface area contributed by atoms with Gasteiger partial charge in [0.1, 0.15) is 0 Å². The van der Waals surface area contributed by atoms with E-state index < -0.39 is 6.10 Å². The van der Waals surface area contributed by atoms with Gasteiger partial charge in [-0.1, -0.05) is 30.3 Å². The molecular weight excluding hydrogens is 348 g/mol. The molecule has 142 valence electrons. The molecule has 2 aromatic rings. The van der Waals surface area contributed by atoms with E-state index in [1.165, 1.54) is 4.88 Å². The van der Waals surface area contributed by atoms with Crippen molar-refractivity contribution in [1.29, 1.82) is 0 Å². The molecule has 1 unspecified atom stereocenters. The summed E-state index contributed by atoms with van der Waals surface area (Å²) in [6.45, 7) is 6.63. The molecule has 0 saturated carbocycles. The number of hydrogen-bond acceptors (Lipinski definition) is 5. The summed E-state index contributed by atoms with van der Waals surface area (Å²) in [7, 11) is 0. The lowest BCUT2D eigenvalue weighted by Gasteiger charge is -2.13. The first-order valence-corrected chi connectivity index (χ1v) is 9.72. The van der Waals surface area contributed by atoms with Crippen LogP contribution in [0.5, 0.6) is 0 Å². The Morgan fingerprint density at radius 2 is 2.12 bits per heavy atom. The smallest absolute Gasteiger partial charge is 0.191 e. The molecule has 1 aromatic carbocycles. The van der Waals surface area contributed by atoms with Gasteiger partial charge < -0.3 is 20.5 Å². The van der Waals surface area contributed by atoms with Crippen LogP contribution < -0.4 is 10.6 Å². The van der Waals surface area contributed by atoms with Gasteiger partial charge in [-0.25, -0.2) is 4.98 Å². The van der Waals surface area contributed by atoms with Crippen LogP contribution in [0.3, 0.4) is 0 Å². The third kappa shape index (κ3) is 7.95. The maximum atomic E-state index is 10.1. The van der Waals surface area contributed by atoms with E-state index in [0.29, 0.717) is 19.1 Å². The van der Waals surface area contributed by atoms with E-state index in [1.807, 2.05) is 43.5 Å². The molecule has 2 rings (SSSR count). The topological polar surface area (TPSA) is 78.8 Å². The minimum Gasteiger partial charge on any atom is -0.389 e. The van der Waals surface area contributed by atoms with Gasteiger partial charge in [0.25, 0.3) is 0 Å². The van der Waals surface area contributed by atoms with Crippen LogP contribution in [0.2, 0.25) is 0 Å². The first-order chi connectivity index (χ1) is 12.7. The number of thiazole rings is 1.